The zero-order valence-corrected chi connectivity index (χ0v) is 21.8. The summed E-state index contributed by atoms with van der Waals surface area (Å²) >= 11 is 1.13. The number of amides is 2. The summed E-state index contributed by atoms with van der Waals surface area (Å²) in [5, 5.41) is 15.5. The van der Waals surface area contributed by atoms with Crippen LogP contribution >= 0.6 is 11.3 Å². The molecular weight excluding hydrogens is 502 g/mol. The molecule has 0 saturated carbocycles. The molecule has 0 bridgehead atoms. The number of aryl methyl sites for hydroxylation is 2. The lowest BCUT2D eigenvalue weighted by molar-refractivity contribution is -0.120. The van der Waals surface area contributed by atoms with Crippen LogP contribution in [-0.4, -0.2) is 41.4 Å². The predicted molar refractivity (Wildman–Crippen MR) is 147 cm³/mol. The summed E-state index contributed by atoms with van der Waals surface area (Å²) in [5.41, 5.74) is 5.67. The van der Waals surface area contributed by atoms with Gasteiger partial charge >= 0.3 is 0 Å². The molecule has 0 spiro atoms. The minimum atomic E-state index is -0.362. The fourth-order valence-corrected chi connectivity index (χ4v) is 4.19. The standard InChI is InChI=1S/C28H27N5O4S/c1-19-9-3-6-12-22(19)27(35)30-28-33-32-26(38-28)17-25(34)31-29-18-21-11-5-8-14-24(21)37-16-15-36-23-13-7-4-10-20(23)2/h3-14,18H,15-17H2,1-2H3,(H,31,34)(H,30,33,35). The Hall–Kier alpha value is -4.57. The van der Waals surface area contributed by atoms with E-state index in [4.69, 9.17) is 9.47 Å². The first-order chi connectivity index (χ1) is 18.5. The van der Waals surface area contributed by atoms with Crippen LogP contribution in [0.1, 0.15) is 32.1 Å². The van der Waals surface area contributed by atoms with Gasteiger partial charge in [0.25, 0.3) is 5.91 Å². The summed E-state index contributed by atoms with van der Waals surface area (Å²) in [7, 11) is 0. The van der Waals surface area contributed by atoms with Crippen molar-refractivity contribution in [2.45, 2.75) is 20.3 Å². The zero-order chi connectivity index (χ0) is 26.7. The van der Waals surface area contributed by atoms with Crippen LogP contribution < -0.4 is 20.2 Å². The molecule has 1 aromatic heterocycles. The number of benzene rings is 3. The average Bonchev–Trinajstić information content (AvgIpc) is 3.34. The molecule has 2 N–H and O–H groups in total. The van der Waals surface area contributed by atoms with Crippen molar-refractivity contribution in [3.63, 3.8) is 0 Å². The molecule has 0 saturated heterocycles. The van der Waals surface area contributed by atoms with Crippen molar-refractivity contribution in [1.29, 1.82) is 0 Å². The summed E-state index contributed by atoms with van der Waals surface area (Å²) in [6.07, 6.45) is 1.49. The highest BCUT2D eigenvalue weighted by Crippen LogP contribution is 2.19. The molecule has 0 aliphatic heterocycles. The van der Waals surface area contributed by atoms with Gasteiger partial charge in [-0.1, -0.05) is 59.9 Å². The van der Waals surface area contributed by atoms with Crippen molar-refractivity contribution in [1.82, 2.24) is 15.6 Å². The monoisotopic (exact) mass is 529 g/mol. The highest BCUT2D eigenvalue weighted by atomic mass is 32.1. The number of ether oxygens (including phenoxy) is 2. The Kier molecular flexibility index (Phi) is 9.14. The van der Waals surface area contributed by atoms with Crippen molar-refractivity contribution >= 4 is 34.5 Å². The van der Waals surface area contributed by atoms with E-state index in [1.54, 1.807) is 12.1 Å². The first-order valence-electron chi connectivity index (χ1n) is 11.9. The van der Waals surface area contributed by atoms with Gasteiger partial charge in [-0.05, 0) is 49.2 Å². The largest absolute Gasteiger partial charge is 0.490 e. The van der Waals surface area contributed by atoms with Gasteiger partial charge in [-0.2, -0.15) is 5.10 Å². The quantitative estimate of drug-likeness (QED) is 0.167. The number of anilines is 1. The van der Waals surface area contributed by atoms with Crippen LogP contribution in [0.15, 0.2) is 77.9 Å². The summed E-state index contributed by atoms with van der Waals surface area (Å²) in [6.45, 7) is 4.59. The minimum Gasteiger partial charge on any atom is -0.490 e. The highest BCUT2D eigenvalue weighted by molar-refractivity contribution is 7.15. The van der Waals surface area contributed by atoms with Gasteiger partial charge in [0.15, 0.2) is 0 Å². The fraction of sp³-hybridized carbons (Fsp3) is 0.179. The smallest absolute Gasteiger partial charge is 0.257 e. The van der Waals surface area contributed by atoms with Gasteiger partial charge in [-0.25, -0.2) is 5.43 Å². The van der Waals surface area contributed by atoms with Gasteiger partial charge in [0.2, 0.25) is 11.0 Å². The van der Waals surface area contributed by atoms with E-state index in [0.717, 1.165) is 28.2 Å². The Morgan fingerprint density at radius 3 is 2.29 bits per heavy atom. The van der Waals surface area contributed by atoms with Gasteiger partial charge < -0.3 is 9.47 Å². The molecule has 38 heavy (non-hydrogen) atoms. The van der Waals surface area contributed by atoms with Gasteiger partial charge in [-0.3, -0.25) is 14.9 Å². The number of hydrogen-bond acceptors (Lipinski definition) is 8. The van der Waals surface area contributed by atoms with E-state index in [2.05, 4.69) is 26.0 Å². The average molecular weight is 530 g/mol. The summed E-state index contributed by atoms with van der Waals surface area (Å²) in [4.78, 5) is 24.8. The van der Waals surface area contributed by atoms with Crippen LogP contribution in [0.5, 0.6) is 11.5 Å². The maximum Gasteiger partial charge on any atom is 0.257 e. The highest BCUT2D eigenvalue weighted by Gasteiger charge is 2.13. The molecule has 9 nitrogen and oxygen atoms in total. The van der Waals surface area contributed by atoms with E-state index in [1.165, 1.54) is 6.21 Å². The normalized spacial score (nSPS) is 10.8. The molecule has 10 heteroatoms. The van der Waals surface area contributed by atoms with Gasteiger partial charge in [-0.15, -0.1) is 10.2 Å². The molecule has 194 valence electrons. The molecule has 0 atom stereocenters. The maximum absolute atomic E-state index is 12.4. The Bertz CT molecular complexity index is 1440. The summed E-state index contributed by atoms with van der Waals surface area (Å²) in [6, 6.07) is 22.4. The first-order valence-corrected chi connectivity index (χ1v) is 12.7. The van der Waals surface area contributed by atoms with Crippen molar-refractivity contribution < 1.29 is 19.1 Å². The van der Waals surface area contributed by atoms with Crippen molar-refractivity contribution in [3.05, 3.63) is 100 Å². The van der Waals surface area contributed by atoms with Crippen LogP contribution in [0.4, 0.5) is 5.13 Å². The molecule has 1 heterocycles. The lowest BCUT2D eigenvalue weighted by Crippen LogP contribution is -2.19. The van der Waals surface area contributed by atoms with Crippen molar-refractivity contribution in [2.75, 3.05) is 18.5 Å². The number of rotatable bonds is 11. The summed E-state index contributed by atoms with van der Waals surface area (Å²) < 4.78 is 11.6. The lowest BCUT2D eigenvalue weighted by atomic mass is 10.1. The van der Waals surface area contributed by atoms with Gasteiger partial charge in [0.05, 0.1) is 12.6 Å². The van der Waals surface area contributed by atoms with Crippen LogP contribution in [-0.2, 0) is 11.2 Å². The number of hydrogen-bond donors (Lipinski definition) is 2. The topological polar surface area (TPSA) is 115 Å². The summed E-state index contributed by atoms with van der Waals surface area (Å²) in [5.74, 6) is 0.809. The SMILES string of the molecule is Cc1ccccc1OCCOc1ccccc1C=NNC(=O)Cc1nnc(NC(=O)c2ccccc2C)s1. The number of hydrazone groups is 1. The third-order valence-electron chi connectivity index (χ3n) is 5.39. The number of carbonyl (C=O) groups is 2. The zero-order valence-electron chi connectivity index (χ0n) is 21.0. The molecule has 0 aliphatic rings. The van der Waals surface area contributed by atoms with E-state index < -0.39 is 0 Å². The van der Waals surface area contributed by atoms with E-state index in [-0.39, 0.29) is 18.2 Å². The minimum absolute atomic E-state index is 0.0242. The van der Waals surface area contributed by atoms with Gasteiger partial charge in [0.1, 0.15) is 29.7 Å². The molecule has 0 aliphatic carbocycles. The molecule has 2 amide bonds. The van der Waals surface area contributed by atoms with Crippen LogP contribution in [0.2, 0.25) is 0 Å². The number of para-hydroxylation sites is 2. The van der Waals surface area contributed by atoms with E-state index in [1.807, 2.05) is 74.5 Å². The lowest BCUT2D eigenvalue weighted by Gasteiger charge is -2.11. The second-order valence-corrected chi connectivity index (χ2v) is 9.30. The number of nitrogens with one attached hydrogen (secondary N) is 2. The second kappa shape index (κ2) is 13.1. The molecule has 4 rings (SSSR count). The van der Waals surface area contributed by atoms with Crippen molar-refractivity contribution in [2.24, 2.45) is 5.10 Å². The predicted octanol–water partition coefficient (Wildman–Crippen LogP) is 4.56. The van der Waals surface area contributed by atoms with E-state index in [0.29, 0.717) is 40.2 Å². The third kappa shape index (κ3) is 7.47. The fourth-order valence-electron chi connectivity index (χ4n) is 3.46. The Balaban J connectivity index is 1.24. The third-order valence-corrected chi connectivity index (χ3v) is 6.23. The maximum atomic E-state index is 12.4. The molecule has 4 aromatic rings. The Morgan fingerprint density at radius 2 is 1.53 bits per heavy atom. The number of carbonyl (C=O) groups excluding carboxylic acids is 2. The number of aromatic nitrogens is 2. The Labute approximate surface area is 224 Å². The molecular formula is C28H27N5O4S. The van der Waals surface area contributed by atoms with Crippen LogP contribution in [0, 0.1) is 13.8 Å². The van der Waals surface area contributed by atoms with Crippen LogP contribution in [0.3, 0.4) is 0 Å². The van der Waals surface area contributed by atoms with Crippen molar-refractivity contribution in [3.8, 4) is 11.5 Å². The molecule has 0 unspecified atom stereocenters. The Morgan fingerprint density at radius 1 is 0.868 bits per heavy atom. The molecule has 0 fully saturated rings. The second-order valence-electron chi connectivity index (χ2n) is 8.24. The molecule has 3 aromatic carbocycles. The van der Waals surface area contributed by atoms with E-state index >= 15 is 0 Å². The van der Waals surface area contributed by atoms with Crippen LogP contribution in [0.25, 0.3) is 0 Å². The van der Waals surface area contributed by atoms with Gasteiger partial charge in [0, 0.05) is 11.1 Å². The molecule has 0 radical (unpaired) electrons. The number of nitrogens with zero attached hydrogens (tertiary/aromatic N) is 3. The first kappa shape index (κ1) is 26.5. The van der Waals surface area contributed by atoms with E-state index in [9.17, 15) is 9.59 Å².